The minimum atomic E-state index is 0.550. The molecule has 0 spiro atoms. The Hall–Kier alpha value is -1.51. The molecule has 2 aromatic carbocycles. The number of hydrogen-bond donors (Lipinski definition) is 0. The van der Waals surface area contributed by atoms with Gasteiger partial charge in [-0.2, -0.15) is 0 Å². The summed E-state index contributed by atoms with van der Waals surface area (Å²) in [7, 11) is 0. The number of halogens is 2. The summed E-state index contributed by atoms with van der Waals surface area (Å²) in [5, 5.41) is 0.686. The van der Waals surface area contributed by atoms with E-state index in [9.17, 15) is 0 Å². The SMILES string of the molecule is Cc1cccc(Cn2c(CCCl)nc3c(Cl)cccc32)c1. The highest BCUT2D eigenvalue weighted by Crippen LogP contribution is 2.25. The van der Waals surface area contributed by atoms with Crippen molar-refractivity contribution in [2.75, 3.05) is 5.88 Å². The van der Waals surface area contributed by atoms with Crippen LogP contribution in [0.15, 0.2) is 42.5 Å². The number of para-hydroxylation sites is 1. The molecular weight excluding hydrogens is 303 g/mol. The van der Waals surface area contributed by atoms with Gasteiger partial charge in [-0.25, -0.2) is 4.98 Å². The molecule has 3 aromatic rings. The molecule has 21 heavy (non-hydrogen) atoms. The van der Waals surface area contributed by atoms with Crippen molar-refractivity contribution in [1.29, 1.82) is 0 Å². The van der Waals surface area contributed by atoms with E-state index in [4.69, 9.17) is 23.2 Å². The molecule has 108 valence electrons. The summed E-state index contributed by atoms with van der Waals surface area (Å²) < 4.78 is 2.21. The van der Waals surface area contributed by atoms with Gasteiger partial charge in [0.2, 0.25) is 0 Å². The summed E-state index contributed by atoms with van der Waals surface area (Å²) in [4.78, 5) is 4.67. The van der Waals surface area contributed by atoms with E-state index in [2.05, 4.69) is 46.8 Å². The van der Waals surface area contributed by atoms with Crippen LogP contribution in [-0.2, 0) is 13.0 Å². The molecule has 1 aromatic heterocycles. The highest BCUT2D eigenvalue weighted by molar-refractivity contribution is 6.34. The normalized spacial score (nSPS) is 11.2. The molecule has 0 saturated heterocycles. The first-order valence-corrected chi connectivity index (χ1v) is 7.85. The van der Waals surface area contributed by atoms with Crippen molar-refractivity contribution in [3.8, 4) is 0 Å². The third-order valence-corrected chi connectivity index (χ3v) is 4.04. The van der Waals surface area contributed by atoms with E-state index in [1.807, 2.05) is 12.1 Å². The molecule has 0 N–H and O–H groups in total. The molecule has 0 aliphatic rings. The van der Waals surface area contributed by atoms with E-state index in [1.54, 1.807) is 0 Å². The first-order chi connectivity index (χ1) is 10.2. The lowest BCUT2D eigenvalue weighted by molar-refractivity contribution is 0.754. The Bertz CT molecular complexity index is 778. The zero-order valence-corrected chi connectivity index (χ0v) is 13.3. The Balaban J connectivity index is 2.11. The fraction of sp³-hybridized carbons (Fsp3) is 0.235. The van der Waals surface area contributed by atoms with Crippen molar-refractivity contribution in [2.24, 2.45) is 0 Å². The third kappa shape index (κ3) is 2.92. The fourth-order valence-electron chi connectivity index (χ4n) is 2.61. The molecule has 4 heteroatoms. The van der Waals surface area contributed by atoms with E-state index in [-0.39, 0.29) is 0 Å². The van der Waals surface area contributed by atoms with Crippen LogP contribution in [0.1, 0.15) is 17.0 Å². The first kappa shape index (κ1) is 14.4. The lowest BCUT2D eigenvalue weighted by Crippen LogP contribution is -2.06. The Morgan fingerprint density at radius 3 is 2.71 bits per heavy atom. The Morgan fingerprint density at radius 1 is 1.14 bits per heavy atom. The molecule has 0 amide bonds. The molecule has 0 fully saturated rings. The van der Waals surface area contributed by atoms with Crippen molar-refractivity contribution in [3.63, 3.8) is 0 Å². The van der Waals surface area contributed by atoms with Crippen LogP contribution in [0, 0.1) is 6.92 Å². The summed E-state index contributed by atoms with van der Waals surface area (Å²) >= 11 is 12.2. The molecule has 0 radical (unpaired) electrons. The lowest BCUT2D eigenvalue weighted by Gasteiger charge is -2.09. The van der Waals surface area contributed by atoms with E-state index in [0.29, 0.717) is 10.9 Å². The molecule has 0 unspecified atom stereocenters. The Kier molecular flexibility index (Phi) is 4.18. The highest BCUT2D eigenvalue weighted by Gasteiger charge is 2.12. The number of benzene rings is 2. The van der Waals surface area contributed by atoms with Gasteiger partial charge < -0.3 is 4.57 Å². The van der Waals surface area contributed by atoms with Crippen molar-refractivity contribution < 1.29 is 0 Å². The van der Waals surface area contributed by atoms with E-state index in [1.165, 1.54) is 11.1 Å². The summed E-state index contributed by atoms with van der Waals surface area (Å²) in [5.74, 6) is 1.53. The van der Waals surface area contributed by atoms with Gasteiger partial charge >= 0.3 is 0 Å². The van der Waals surface area contributed by atoms with E-state index >= 15 is 0 Å². The average molecular weight is 319 g/mol. The van der Waals surface area contributed by atoms with Crippen LogP contribution in [0.2, 0.25) is 5.02 Å². The molecule has 0 atom stereocenters. The summed E-state index contributed by atoms with van der Waals surface area (Å²) in [6, 6.07) is 14.4. The maximum atomic E-state index is 6.26. The Morgan fingerprint density at radius 2 is 1.95 bits per heavy atom. The molecular formula is C17H16Cl2N2. The number of imidazole rings is 1. The largest absolute Gasteiger partial charge is 0.323 e. The second-order valence-electron chi connectivity index (χ2n) is 5.15. The summed E-state index contributed by atoms with van der Waals surface area (Å²) in [5.41, 5.74) is 4.43. The molecule has 0 aliphatic heterocycles. The smallest absolute Gasteiger partial charge is 0.111 e. The van der Waals surface area contributed by atoms with Crippen LogP contribution in [0.25, 0.3) is 11.0 Å². The number of nitrogens with zero attached hydrogens (tertiary/aromatic N) is 2. The quantitative estimate of drug-likeness (QED) is 0.630. The van der Waals surface area contributed by atoms with Crippen molar-refractivity contribution in [2.45, 2.75) is 19.9 Å². The van der Waals surface area contributed by atoms with Crippen LogP contribution in [0.5, 0.6) is 0 Å². The third-order valence-electron chi connectivity index (χ3n) is 3.55. The number of aromatic nitrogens is 2. The fourth-order valence-corrected chi connectivity index (χ4v) is 2.99. The van der Waals surface area contributed by atoms with Crippen LogP contribution in [0.4, 0.5) is 0 Å². The average Bonchev–Trinajstić information content (AvgIpc) is 2.79. The van der Waals surface area contributed by atoms with Crippen molar-refractivity contribution in [1.82, 2.24) is 9.55 Å². The maximum absolute atomic E-state index is 6.26. The zero-order chi connectivity index (χ0) is 14.8. The van der Waals surface area contributed by atoms with Gasteiger partial charge in [0.25, 0.3) is 0 Å². The number of alkyl halides is 1. The van der Waals surface area contributed by atoms with Crippen LogP contribution in [0.3, 0.4) is 0 Å². The van der Waals surface area contributed by atoms with Crippen LogP contribution >= 0.6 is 23.2 Å². The topological polar surface area (TPSA) is 17.8 Å². The predicted molar refractivity (Wildman–Crippen MR) is 89.4 cm³/mol. The number of hydrogen-bond acceptors (Lipinski definition) is 1. The van der Waals surface area contributed by atoms with Gasteiger partial charge in [-0.1, -0.05) is 47.5 Å². The van der Waals surface area contributed by atoms with Gasteiger partial charge in [0.1, 0.15) is 11.3 Å². The maximum Gasteiger partial charge on any atom is 0.111 e. The van der Waals surface area contributed by atoms with Gasteiger partial charge in [0.05, 0.1) is 10.5 Å². The van der Waals surface area contributed by atoms with Gasteiger partial charge in [-0.3, -0.25) is 0 Å². The predicted octanol–water partition coefficient (Wildman–Crippen LogP) is 4.83. The standard InChI is InChI=1S/C17H16Cl2N2/c1-12-4-2-5-13(10-12)11-21-15-7-3-6-14(19)17(15)20-16(21)8-9-18/h2-7,10H,8-9,11H2,1H3. The molecule has 3 rings (SSSR count). The van der Waals surface area contributed by atoms with Gasteiger partial charge in [0.15, 0.2) is 0 Å². The van der Waals surface area contributed by atoms with Gasteiger partial charge in [-0.15, -0.1) is 11.6 Å². The van der Waals surface area contributed by atoms with Crippen molar-refractivity contribution in [3.05, 3.63) is 64.4 Å². The van der Waals surface area contributed by atoms with Gasteiger partial charge in [0, 0.05) is 18.8 Å². The first-order valence-electron chi connectivity index (χ1n) is 6.94. The zero-order valence-electron chi connectivity index (χ0n) is 11.8. The summed E-state index contributed by atoms with van der Waals surface area (Å²) in [6.45, 7) is 2.89. The monoisotopic (exact) mass is 318 g/mol. The highest BCUT2D eigenvalue weighted by atomic mass is 35.5. The molecule has 0 saturated carbocycles. The van der Waals surface area contributed by atoms with Crippen LogP contribution < -0.4 is 0 Å². The lowest BCUT2D eigenvalue weighted by atomic mass is 10.1. The molecule has 2 nitrogen and oxygen atoms in total. The minimum absolute atomic E-state index is 0.550. The Labute approximate surface area is 134 Å². The number of fused-ring (bicyclic) bond motifs is 1. The molecule has 1 heterocycles. The van der Waals surface area contributed by atoms with Crippen molar-refractivity contribution >= 4 is 34.2 Å². The second-order valence-corrected chi connectivity index (χ2v) is 5.93. The van der Waals surface area contributed by atoms with E-state index in [0.717, 1.165) is 29.8 Å². The number of rotatable bonds is 4. The van der Waals surface area contributed by atoms with E-state index < -0.39 is 0 Å². The summed E-state index contributed by atoms with van der Waals surface area (Å²) in [6.07, 6.45) is 0.735. The molecule has 0 aliphatic carbocycles. The second kappa shape index (κ2) is 6.08. The van der Waals surface area contributed by atoms with Gasteiger partial charge in [-0.05, 0) is 24.6 Å². The van der Waals surface area contributed by atoms with Crippen LogP contribution in [-0.4, -0.2) is 15.4 Å². The minimum Gasteiger partial charge on any atom is -0.323 e. The molecule has 0 bridgehead atoms. The number of aryl methyl sites for hydroxylation is 2.